The van der Waals surface area contributed by atoms with E-state index in [1.807, 2.05) is 0 Å². The van der Waals surface area contributed by atoms with Crippen molar-refractivity contribution in [3.8, 4) is 17.6 Å². The van der Waals surface area contributed by atoms with Gasteiger partial charge >= 0.3 is 5.97 Å². The van der Waals surface area contributed by atoms with E-state index in [2.05, 4.69) is 17.2 Å². The van der Waals surface area contributed by atoms with Crippen LogP contribution in [-0.2, 0) is 14.8 Å². The average molecular weight is 352 g/mol. The lowest BCUT2D eigenvalue weighted by Gasteiger charge is -2.25. The summed E-state index contributed by atoms with van der Waals surface area (Å²) in [6, 6.07) is 4.84. The van der Waals surface area contributed by atoms with Gasteiger partial charge in [-0.2, -0.15) is 4.31 Å². The molecular formula is C16H20N2O5S. The maximum Gasteiger partial charge on any atom is 0.322 e. The van der Waals surface area contributed by atoms with Crippen LogP contribution in [0.25, 0.3) is 0 Å². The fraction of sp³-hybridized carbons (Fsp3) is 0.438. The molecule has 0 aromatic heterocycles. The van der Waals surface area contributed by atoms with Crippen molar-refractivity contribution in [1.82, 2.24) is 9.62 Å². The van der Waals surface area contributed by atoms with Crippen LogP contribution in [-0.4, -0.2) is 56.1 Å². The Kier molecular flexibility index (Phi) is 6.20. The predicted molar refractivity (Wildman–Crippen MR) is 88.2 cm³/mol. The minimum atomic E-state index is -3.89. The lowest BCUT2D eigenvalue weighted by Crippen LogP contribution is -2.45. The topological polar surface area (TPSA) is 95.9 Å². The van der Waals surface area contributed by atoms with Gasteiger partial charge in [0.2, 0.25) is 10.0 Å². The summed E-state index contributed by atoms with van der Waals surface area (Å²) in [7, 11) is -3.89. The predicted octanol–water partition coefficient (Wildman–Crippen LogP) is 0.526. The third-order valence-corrected chi connectivity index (χ3v) is 5.58. The molecular weight excluding hydrogens is 332 g/mol. The van der Waals surface area contributed by atoms with Crippen LogP contribution in [0.4, 0.5) is 0 Å². The Morgan fingerprint density at radius 3 is 2.71 bits per heavy atom. The lowest BCUT2D eigenvalue weighted by atomic mass is 10.2. The number of nitrogens with zero attached hydrogens (tertiary/aromatic N) is 1. The van der Waals surface area contributed by atoms with Gasteiger partial charge in [-0.25, -0.2) is 8.42 Å². The van der Waals surface area contributed by atoms with E-state index in [0.29, 0.717) is 18.8 Å². The molecule has 130 valence electrons. The zero-order chi connectivity index (χ0) is 17.6. The van der Waals surface area contributed by atoms with Gasteiger partial charge in [0.05, 0.1) is 4.90 Å². The highest BCUT2D eigenvalue weighted by Gasteiger charge is 2.36. The first-order chi connectivity index (χ1) is 11.5. The molecule has 2 rings (SSSR count). The summed E-state index contributed by atoms with van der Waals surface area (Å²) in [6.45, 7) is 2.92. The summed E-state index contributed by atoms with van der Waals surface area (Å²) >= 11 is 0. The second-order valence-electron chi connectivity index (χ2n) is 5.20. The van der Waals surface area contributed by atoms with E-state index in [0.717, 1.165) is 4.31 Å². The first-order valence-electron chi connectivity index (χ1n) is 7.54. The molecule has 24 heavy (non-hydrogen) atoms. The zero-order valence-electron chi connectivity index (χ0n) is 13.4. The number of benzene rings is 1. The summed E-state index contributed by atoms with van der Waals surface area (Å²) in [5.74, 6) is 4.81. The van der Waals surface area contributed by atoms with Crippen LogP contribution in [0.1, 0.15) is 13.3 Å². The Hall–Kier alpha value is -2.08. The fourth-order valence-electron chi connectivity index (χ4n) is 2.42. The summed E-state index contributed by atoms with van der Waals surface area (Å²) in [4.78, 5) is 11.5. The van der Waals surface area contributed by atoms with Crippen molar-refractivity contribution in [2.45, 2.75) is 24.3 Å². The quantitative estimate of drug-likeness (QED) is 0.751. The standard InChI is InChI=1S/C16H20N2O5S/c1-2-3-12-23-13-4-6-14(7-5-13)24(21,22)18-11-10-17-9-8-15(18)16(19)20/h4-7,15,17H,8-12H2,1H3,(H,19,20). The molecule has 1 aliphatic heterocycles. The van der Waals surface area contributed by atoms with E-state index < -0.39 is 22.0 Å². The molecule has 0 spiro atoms. The highest BCUT2D eigenvalue weighted by molar-refractivity contribution is 7.89. The Morgan fingerprint density at radius 2 is 2.08 bits per heavy atom. The van der Waals surface area contributed by atoms with Crippen LogP contribution >= 0.6 is 0 Å². The van der Waals surface area contributed by atoms with Crippen molar-refractivity contribution < 1.29 is 23.1 Å². The van der Waals surface area contributed by atoms with E-state index in [9.17, 15) is 18.3 Å². The van der Waals surface area contributed by atoms with E-state index >= 15 is 0 Å². The van der Waals surface area contributed by atoms with E-state index in [4.69, 9.17) is 4.74 Å². The van der Waals surface area contributed by atoms with Gasteiger partial charge in [-0.15, -0.1) is 5.92 Å². The van der Waals surface area contributed by atoms with E-state index in [1.54, 1.807) is 6.92 Å². The number of carboxylic acids is 1. The number of rotatable bonds is 5. The first kappa shape index (κ1) is 18.3. The van der Waals surface area contributed by atoms with Crippen LogP contribution in [0, 0.1) is 11.8 Å². The number of nitrogens with one attached hydrogen (secondary N) is 1. The third-order valence-electron chi connectivity index (χ3n) is 3.65. The van der Waals surface area contributed by atoms with Gasteiger partial charge in [0, 0.05) is 13.1 Å². The molecule has 2 N–H and O–H groups in total. The van der Waals surface area contributed by atoms with Gasteiger partial charge in [-0.05, 0) is 44.2 Å². The number of carbonyl (C=O) groups is 1. The molecule has 0 radical (unpaired) electrons. The van der Waals surface area contributed by atoms with Gasteiger partial charge in [0.1, 0.15) is 18.4 Å². The number of hydrogen-bond acceptors (Lipinski definition) is 5. The number of hydrogen-bond donors (Lipinski definition) is 2. The van der Waals surface area contributed by atoms with Crippen molar-refractivity contribution in [3.63, 3.8) is 0 Å². The monoisotopic (exact) mass is 352 g/mol. The van der Waals surface area contributed by atoms with Crippen LogP contribution < -0.4 is 10.1 Å². The minimum Gasteiger partial charge on any atom is -0.481 e. The van der Waals surface area contributed by atoms with Gasteiger partial charge in [-0.3, -0.25) is 4.79 Å². The highest BCUT2D eigenvalue weighted by Crippen LogP contribution is 2.23. The average Bonchev–Trinajstić information content (AvgIpc) is 2.82. The SMILES string of the molecule is CC#CCOc1ccc(S(=O)(=O)N2CCNCCC2C(=O)O)cc1. The first-order valence-corrected chi connectivity index (χ1v) is 8.98. The molecule has 1 aliphatic rings. The third kappa shape index (κ3) is 4.26. The van der Waals surface area contributed by atoms with Crippen LogP contribution in [0.3, 0.4) is 0 Å². The summed E-state index contributed by atoms with van der Waals surface area (Å²) in [6.07, 6.45) is 0.228. The molecule has 1 saturated heterocycles. The molecule has 0 aliphatic carbocycles. The van der Waals surface area contributed by atoms with Crippen LogP contribution in [0.2, 0.25) is 0 Å². The molecule has 1 aromatic rings. The van der Waals surface area contributed by atoms with Gasteiger partial charge in [0.25, 0.3) is 0 Å². The Labute approximate surface area is 141 Å². The van der Waals surface area contributed by atoms with Crippen molar-refractivity contribution in [2.75, 3.05) is 26.2 Å². The fourth-order valence-corrected chi connectivity index (χ4v) is 4.04. The van der Waals surface area contributed by atoms with Gasteiger partial charge in [-0.1, -0.05) is 5.92 Å². The van der Waals surface area contributed by atoms with Gasteiger partial charge < -0.3 is 15.2 Å². The highest BCUT2D eigenvalue weighted by atomic mass is 32.2. The molecule has 1 unspecified atom stereocenters. The molecule has 0 saturated carbocycles. The zero-order valence-corrected chi connectivity index (χ0v) is 14.2. The smallest absolute Gasteiger partial charge is 0.322 e. The molecule has 1 fully saturated rings. The molecule has 1 heterocycles. The minimum absolute atomic E-state index is 0.0459. The van der Waals surface area contributed by atoms with E-state index in [1.165, 1.54) is 24.3 Å². The maximum atomic E-state index is 12.8. The summed E-state index contributed by atoms with van der Waals surface area (Å²) in [5.41, 5.74) is 0. The molecule has 1 atom stereocenters. The van der Waals surface area contributed by atoms with Crippen molar-refractivity contribution in [2.24, 2.45) is 0 Å². The van der Waals surface area contributed by atoms with Crippen LogP contribution in [0.15, 0.2) is 29.2 Å². The lowest BCUT2D eigenvalue weighted by molar-refractivity contribution is -0.141. The van der Waals surface area contributed by atoms with Crippen LogP contribution in [0.5, 0.6) is 5.75 Å². The van der Waals surface area contributed by atoms with Crippen molar-refractivity contribution >= 4 is 16.0 Å². The van der Waals surface area contributed by atoms with Crippen molar-refractivity contribution in [3.05, 3.63) is 24.3 Å². The number of carboxylic acid groups (broad SMARTS) is 1. The summed E-state index contributed by atoms with van der Waals surface area (Å²) in [5, 5.41) is 12.4. The number of sulfonamides is 1. The Bertz CT molecular complexity index is 734. The Balaban J connectivity index is 2.23. The number of aliphatic carboxylic acids is 1. The van der Waals surface area contributed by atoms with Gasteiger partial charge in [0.15, 0.2) is 0 Å². The summed E-state index contributed by atoms with van der Waals surface area (Å²) < 4.78 is 32.0. The second kappa shape index (κ2) is 8.15. The second-order valence-corrected chi connectivity index (χ2v) is 7.09. The molecule has 1 aromatic carbocycles. The maximum absolute atomic E-state index is 12.8. The molecule has 8 heteroatoms. The number of ether oxygens (including phenoxy) is 1. The molecule has 0 amide bonds. The largest absolute Gasteiger partial charge is 0.481 e. The molecule has 0 bridgehead atoms. The Morgan fingerprint density at radius 1 is 1.38 bits per heavy atom. The molecule has 7 nitrogen and oxygen atoms in total. The van der Waals surface area contributed by atoms with E-state index in [-0.39, 0.29) is 24.5 Å². The normalized spacial score (nSPS) is 19.0. The van der Waals surface area contributed by atoms with Crippen molar-refractivity contribution in [1.29, 1.82) is 0 Å².